The number of allylic oxidation sites excluding steroid dienone is 1. The fraction of sp³-hybridized carbons (Fsp3) is 0.846. The van der Waals surface area contributed by atoms with Crippen LogP contribution in [-0.2, 0) is 0 Å². The smallest absolute Gasteiger partial charge is 0.629 e. The molecular weight excluding hydrogens is 211 g/mol. The van der Waals surface area contributed by atoms with E-state index in [1.807, 2.05) is 0 Å². The number of unbranched alkanes of at least 4 members (excludes halogenated alkanes) is 9. The first-order chi connectivity index (χ1) is 7.27. The average Bonchev–Trinajstić information content (AvgIpc) is 2.20. The molecule has 0 saturated heterocycles. The number of rotatable bonds is 10. The molecule has 0 fully saturated rings. The van der Waals surface area contributed by atoms with Crippen LogP contribution in [0.3, 0.4) is 0 Å². The molecule has 0 heterocycles. The molecule has 0 bridgehead atoms. The first-order valence-electron chi connectivity index (χ1n) is 6.33. The molecule has 90 valence electrons. The zero-order valence-corrected chi connectivity index (χ0v) is 13.0. The predicted octanol–water partition coefficient (Wildman–Crippen LogP) is 0.671. The summed E-state index contributed by atoms with van der Waals surface area (Å²) in [6, 6.07) is 0. The van der Waals surface area contributed by atoms with E-state index in [2.05, 4.69) is 6.92 Å². The first-order valence-corrected chi connectivity index (χ1v) is 6.33. The van der Waals surface area contributed by atoms with Crippen molar-refractivity contribution in [1.29, 1.82) is 0 Å². The number of hydrogen-bond donors (Lipinski definition) is 1. The van der Waals surface area contributed by atoms with Crippen LogP contribution in [0.5, 0.6) is 0 Å². The van der Waals surface area contributed by atoms with Crippen LogP contribution in [0.2, 0.25) is 0 Å². The molecule has 0 atom stereocenters. The van der Waals surface area contributed by atoms with Gasteiger partial charge < -0.3 is 10.2 Å². The predicted molar refractivity (Wildman–Crippen MR) is 62.6 cm³/mol. The second kappa shape index (κ2) is 15.3. The van der Waals surface area contributed by atoms with Crippen LogP contribution in [0.15, 0.2) is 12.0 Å². The summed E-state index contributed by atoms with van der Waals surface area (Å²) in [4.78, 5) is 0. The summed E-state index contributed by atoms with van der Waals surface area (Å²) in [6.07, 6.45) is 13.7. The molecule has 2 nitrogen and oxygen atoms in total. The third-order valence-corrected chi connectivity index (χ3v) is 2.63. The summed E-state index contributed by atoms with van der Waals surface area (Å²) in [5.41, 5.74) is 0. The van der Waals surface area contributed by atoms with Crippen LogP contribution in [0, 0.1) is 0 Å². The van der Waals surface area contributed by atoms with Gasteiger partial charge in [-0.3, -0.25) is 0 Å². The standard InChI is InChI=1S/C13H26O2.Na/c1-2-3-4-5-6-7-8-9-10-11-12-13(14)15;/h12,14-15H,2-11H2,1H3;/q;+1/p-1. The molecular formula is C13H25NaO2. The number of aliphatic hydroxyl groups excluding tert-OH is 1. The minimum absolute atomic E-state index is 0. The summed E-state index contributed by atoms with van der Waals surface area (Å²) in [6.45, 7) is 2.24. The molecule has 0 radical (unpaired) electrons. The van der Waals surface area contributed by atoms with E-state index in [9.17, 15) is 5.11 Å². The van der Waals surface area contributed by atoms with Crippen molar-refractivity contribution in [3.8, 4) is 0 Å². The van der Waals surface area contributed by atoms with Gasteiger partial charge in [0.15, 0.2) is 0 Å². The Labute approximate surface area is 122 Å². The van der Waals surface area contributed by atoms with Gasteiger partial charge in [0.05, 0.1) is 0 Å². The van der Waals surface area contributed by atoms with Crippen molar-refractivity contribution in [2.24, 2.45) is 0 Å². The summed E-state index contributed by atoms with van der Waals surface area (Å²) in [5, 5.41) is 18.6. The minimum Gasteiger partial charge on any atom is -0.629 e. The molecule has 0 aliphatic carbocycles. The summed E-state index contributed by atoms with van der Waals surface area (Å²) < 4.78 is 0. The fourth-order valence-electron chi connectivity index (χ4n) is 1.68. The van der Waals surface area contributed by atoms with Crippen molar-refractivity contribution < 1.29 is 39.8 Å². The fourth-order valence-corrected chi connectivity index (χ4v) is 1.68. The summed E-state index contributed by atoms with van der Waals surface area (Å²) >= 11 is 0. The van der Waals surface area contributed by atoms with Crippen molar-refractivity contribution in [3.05, 3.63) is 12.0 Å². The van der Waals surface area contributed by atoms with Gasteiger partial charge in [0.25, 0.3) is 0 Å². The van der Waals surface area contributed by atoms with Crippen molar-refractivity contribution in [1.82, 2.24) is 0 Å². The third kappa shape index (κ3) is 16.8. The Morgan fingerprint density at radius 1 is 0.938 bits per heavy atom. The maximum atomic E-state index is 10.2. The van der Waals surface area contributed by atoms with E-state index in [0.29, 0.717) is 0 Å². The van der Waals surface area contributed by atoms with Gasteiger partial charge in [-0.15, -0.1) is 0 Å². The number of hydrogen-bond acceptors (Lipinski definition) is 2. The quantitative estimate of drug-likeness (QED) is 0.344. The Hall–Kier alpha value is 0.340. The molecule has 0 aromatic heterocycles. The molecule has 0 unspecified atom stereocenters. The SMILES string of the molecule is CCCCCCCCCCC/C=C(\[O-])O.[Na+]. The maximum absolute atomic E-state index is 10.2. The molecule has 3 heteroatoms. The van der Waals surface area contributed by atoms with Gasteiger partial charge in [-0.2, -0.15) is 0 Å². The van der Waals surface area contributed by atoms with Crippen LogP contribution < -0.4 is 34.7 Å². The van der Waals surface area contributed by atoms with E-state index >= 15 is 0 Å². The zero-order valence-electron chi connectivity index (χ0n) is 11.0. The monoisotopic (exact) mass is 236 g/mol. The topological polar surface area (TPSA) is 43.3 Å². The van der Waals surface area contributed by atoms with Crippen LogP contribution in [0.1, 0.15) is 71.1 Å². The second-order valence-corrected chi connectivity index (χ2v) is 4.16. The van der Waals surface area contributed by atoms with Crippen LogP contribution in [-0.4, -0.2) is 5.11 Å². The largest absolute Gasteiger partial charge is 1.00 e. The van der Waals surface area contributed by atoms with Crippen molar-refractivity contribution >= 4 is 0 Å². The molecule has 0 amide bonds. The second-order valence-electron chi connectivity index (χ2n) is 4.16. The summed E-state index contributed by atoms with van der Waals surface area (Å²) in [5.74, 6) is -0.783. The Balaban J connectivity index is 0. The molecule has 1 N–H and O–H groups in total. The van der Waals surface area contributed by atoms with Gasteiger partial charge in [-0.25, -0.2) is 0 Å². The molecule has 0 saturated carbocycles. The Morgan fingerprint density at radius 2 is 1.38 bits per heavy atom. The van der Waals surface area contributed by atoms with Crippen LogP contribution in [0.25, 0.3) is 0 Å². The van der Waals surface area contributed by atoms with Gasteiger partial charge in [0.2, 0.25) is 0 Å². The molecule has 0 aliphatic rings. The minimum atomic E-state index is -0.783. The molecule has 0 aromatic rings. The molecule has 16 heavy (non-hydrogen) atoms. The van der Waals surface area contributed by atoms with E-state index in [1.54, 1.807) is 0 Å². The van der Waals surface area contributed by atoms with Gasteiger partial charge >= 0.3 is 29.6 Å². The van der Waals surface area contributed by atoms with Crippen molar-refractivity contribution in [2.45, 2.75) is 71.1 Å². The maximum Gasteiger partial charge on any atom is 1.00 e. The third-order valence-electron chi connectivity index (χ3n) is 2.63. The van der Waals surface area contributed by atoms with Gasteiger partial charge in [0, 0.05) is 5.95 Å². The molecule has 0 aliphatic heterocycles. The zero-order chi connectivity index (χ0) is 11.4. The van der Waals surface area contributed by atoms with E-state index in [1.165, 1.54) is 57.4 Å². The summed E-state index contributed by atoms with van der Waals surface area (Å²) in [7, 11) is 0. The van der Waals surface area contributed by atoms with E-state index in [0.717, 1.165) is 12.8 Å². The molecule has 0 aromatic carbocycles. The molecule has 0 rings (SSSR count). The van der Waals surface area contributed by atoms with Crippen LogP contribution >= 0.6 is 0 Å². The van der Waals surface area contributed by atoms with Crippen LogP contribution in [0.4, 0.5) is 0 Å². The van der Waals surface area contributed by atoms with Gasteiger partial charge in [0.1, 0.15) is 0 Å². The van der Waals surface area contributed by atoms with Gasteiger partial charge in [-0.1, -0.05) is 64.4 Å². The van der Waals surface area contributed by atoms with E-state index < -0.39 is 5.95 Å². The van der Waals surface area contributed by atoms with E-state index in [4.69, 9.17) is 5.11 Å². The molecule has 0 spiro atoms. The Bertz CT molecular complexity index is 154. The Morgan fingerprint density at radius 3 is 1.81 bits per heavy atom. The first kappa shape index (κ1) is 18.7. The number of aliphatic hydroxyl groups is 1. The van der Waals surface area contributed by atoms with E-state index in [-0.39, 0.29) is 29.6 Å². The Kier molecular flexibility index (Phi) is 17.9. The van der Waals surface area contributed by atoms with Crippen molar-refractivity contribution in [3.63, 3.8) is 0 Å². The normalized spacial score (nSPS) is 11.2. The van der Waals surface area contributed by atoms with Gasteiger partial charge in [-0.05, 0) is 12.8 Å². The van der Waals surface area contributed by atoms with Crippen molar-refractivity contribution in [2.75, 3.05) is 0 Å². The average molecular weight is 236 g/mol.